The SMILES string of the molecule is Cc1cccc(C(=O)Oc2ccc(/C=N/NC(=O)c3cnccn3)cc2)c1. The quantitative estimate of drug-likeness (QED) is 0.327. The molecule has 0 saturated carbocycles. The minimum atomic E-state index is -0.456. The van der Waals surface area contributed by atoms with Gasteiger partial charge in [-0.05, 0) is 48.9 Å². The van der Waals surface area contributed by atoms with Crippen LogP contribution in [0.1, 0.15) is 32.0 Å². The highest BCUT2D eigenvalue weighted by Crippen LogP contribution is 2.14. The van der Waals surface area contributed by atoms with E-state index in [0.717, 1.165) is 11.1 Å². The number of carbonyl (C=O) groups is 2. The molecule has 3 aromatic rings. The highest BCUT2D eigenvalue weighted by Gasteiger charge is 2.08. The van der Waals surface area contributed by atoms with E-state index in [1.807, 2.05) is 13.0 Å². The Kier molecular flexibility index (Phi) is 5.64. The van der Waals surface area contributed by atoms with Crippen LogP contribution >= 0.6 is 0 Å². The topological polar surface area (TPSA) is 93.5 Å². The summed E-state index contributed by atoms with van der Waals surface area (Å²) in [5, 5.41) is 3.87. The molecular weight excluding hydrogens is 344 g/mol. The molecule has 0 fully saturated rings. The Morgan fingerprint density at radius 2 is 1.93 bits per heavy atom. The van der Waals surface area contributed by atoms with Crippen molar-refractivity contribution in [1.29, 1.82) is 0 Å². The van der Waals surface area contributed by atoms with Crippen LogP contribution in [0.4, 0.5) is 0 Å². The normalized spacial score (nSPS) is 10.6. The molecule has 1 amide bonds. The number of amides is 1. The van der Waals surface area contributed by atoms with E-state index in [0.29, 0.717) is 11.3 Å². The van der Waals surface area contributed by atoms with Crippen LogP contribution in [-0.2, 0) is 0 Å². The largest absolute Gasteiger partial charge is 0.423 e. The van der Waals surface area contributed by atoms with Crippen LogP contribution in [0.2, 0.25) is 0 Å². The van der Waals surface area contributed by atoms with Crippen molar-refractivity contribution in [3.63, 3.8) is 0 Å². The molecule has 2 aromatic carbocycles. The summed E-state index contributed by atoms with van der Waals surface area (Å²) < 4.78 is 5.34. The van der Waals surface area contributed by atoms with Crippen molar-refractivity contribution in [2.75, 3.05) is 0 Å². The van der Waals surface area contributed by atoms with Gasteiger partial charge < -0.3 is 4.74 Å². The van der Waals surface area contributed by atoms with Gasteiger partial charge >= 0.3 is 5.97 Å². The molecule has 7 heteroatoms. The van der Waals surface area contributed by atoms with Gasteiger partial charge in [-0.25, -0.2) is 15.2 Å². The number of ether oxygens (including phenoxy) is 1. The molecule has 0 saturated heterocycles. The number of hydrogen-bond donors (Lipinski definition) is 1. The zero-order valence-electron chi connectivity index (χ0n) is 14.5. The number of hydrazone groups is 1. The lowest BCUT2D eigenvalue weighted by Gasteiger charge is -2.05. The summed E-state index contributed by atoms with van der Waals surface area (Å²) in [7, 11) is 0. The highest BCUT2D eigenvalue weighted by molar-refractivity contribution is 5.93. The van der Waals surface area contributed by atoms with Gasteiger partial charge in [-0.2, -0.15) is 5.10 Å². The summed E-state index contributed by atoms with van der Waals surface area (Å²) >= 11 is 0. The Balaban J connectivity index is 1.57. The van der Waals surface area contributed by atoms with E-state index in [-0.39, 0.29) is 5.69 Å². The molecule has 1 aromatic heterocycles. The molecule has 0 bridgehead atoms. The van der Waals surface area contributed by atoms with Crippen molar-refractivity contribution < 1.29 is 14.3 Å². The number of aryl methyl sites for hydroxylation is 1. The first kappa shape index (κ1) is 17.9. The average Bonchev–Trinajstić information content (AvgIpc) is 2.70. The summed E-state index contributed by atoms with van der Waals surface area (Å²) in [5.41, 5.74) is 4.74. The average molecular weight is 360 g/mol. The Morgan fingerprint density at radius 3 is 2.63 bits per heavy atom. The summed E-state index contributed by atoms with van der Waals surface area (Å²) in [6.45, 7) is 1.91. The van der Waals surface area contributed by atoms with E-state index in [9.17, 15) is 9.59 Å². The summed E-state index contributed by atoms with van der Waals surface area (Å²) in [6, 6.07) is 13.9. The van der Waals surface area contributed by atoms with Gasteiger partial charge in [-0.15, -0.1) is 0 Å². The first-order valence-electron chi connectivity index (χ1n) is 8.10. The van der Waals surface area contributed by atoms with Crippen LogP contribution in [0.5, 0.6) is 5.75 Å². The van der Waals surface area contributed by atoms with Crippen LogP contribution in [0.15, 0.2) is 72.2 Å². The summed E-state index contributed by atoms with van der Waals surface area (Å²) in [6.07, 6.45) is 5.73. The lowest BCUT2D eigenvalue weighted by Crippen LogP contribution is -2.19. The van der Waals surface area contributed by atoms with E-state index in [1.165, 1.54) is 24.8 Å². The number of carbonyl (C=O) groups excluding carboxylic acids is 2. The number of aromatic nitrogens is 2. The van der Waals surface area contributed by atoms with Gasteiger partial charge in [0.25, 0.3) is 5.91 Å². The van der Waals surface area contributed by atoms with Crippen LogP contribution in [0.3, 0.4) is 0 Å². The molecule has 1 N–H and O–H groups in total. The highest BCUT2D eigenvalue weighted by atomic mass is 16.5. The van der Waals surface area contributed by atoms with Crippen molar-refractivity contribution >= 4 is 18.1 Å². The van der Waals surface area contributed by atoms with E-state index in [4.69, 9.17) is 4.74 Å². The zero-order chi connectivity index (χ0) is 19.1. The van der Waals surface area contributed by atoms with Gasteiger partial charge in [0, 0.05) is 12.4 Å². The molecule has 134 valence electrons. The van der Waals surface area contributed by atoms with Crippen molar-refractivity contribution in [1.82, 2.24) is 15.4 Å². The second-order valence-corrected chi connectivity index (χ2v) is 5.62. The number of nitrogens with zero attached hydrogens (tertiary/aromatic N) is 3. The first-order chi connectivity index (χ1) is 13.1. The predicted octanol–water partition coefficient (Wildman–Crippen LogP) is 2.77. The molecule has 3 rings (SSSR count). The summed E-state index contributed by atoms with van der Waals surface area (Å²) in [4.78, 5) is 31.6. The van der Waals surface area contributed by atoms with Gasteiger partial charge in [0.15, 0.2) is 0 Å². The summed E-state index contributed by atoms with van der Waals surface area (Å²) in [5.74, 6) is -0.457. The van der Waals surface area contributed by atoms with E-state index in [1.54, 1.807) is 42.5 Å². The van der Waals surface area contributed by atoms with Crippen LogP contribution in [0.25, 0.3) is 0 Å². The second-order valence-electron chi connectivity index (χ2n) is 5.62. The second kappa shape index (κ2) is 8.48. The predicted molar refractivity (Wildman–Crippen MR) is 99.7 cm³/mol. The minimum absolute atomic E-state index is 0.174. The minimum Gasteiger partial charge on any atom is -0.423 e. The zero-order valence-corrected chi connectivity index (χ0v) is 14.5. The molecule has 27 heavy (non-hydrogen) atoms. The molecule has 0 unspecified atom stereocenters. The van der Waals surface area contributed by atoms with Crippen molar-refractivity contribution in [2.45, 2.75) is 6.92 Å². The number of hydrogen-bond acceptors (Lipinski definition) is 6. The molecular formula is C20H16N4O3. The van der Waals surface area contributed by atoms with Gasteiger partial charge in [0.05, 0.1) is 18.0 Å². The molecule has 1 heterocycles. The first-order valence-corrected chi connectivity index (χ1v) is 8.10. The molecule has 0 aliphatic carbocycles. The lowest BCUT2D eigenvalue weighted by atomic mass is 10.1. The fourth-order valence-electron chi connectivity index (χ4n) is 2.20. The molecule has 7 nitrogen and oxygen atoms in total. The Bertz CT molecular complexity index is 970. The molecule has 0 radical (unpaired) electrons. The number of esters is 1. The third-order valence-corrected chi connectivity index (χ3v) is 3.52. The van der Waals surface area contributed by atoms with Gasteiger partial charge in [-0.1, -0.05) is 17.7 Å². The van der Waals surface area contributed by atoms with Crippen LogP contribution in [-0.4, -0.2) is 28.1 Å². The molecule has 0 spiro atoms. The van der Waals surface area contributed by atoms with Crippen molar-refractivity contribution in [3.05, 3.63) is 89.5 Å². The molecule has 0 atom stereocenters. The lowest BCUT2D eigenvalue weighted by molar-refractivity contribution is 0.0734. The Hall–Kier alpha value is -3.87. The van der Waals surface area contributed by atoms with E-state index in [2.05, 4.69) is 20.5 Å². The maximum atomic E-state index is 12.1. The number of nitrogens with one attached hydrogen (secondary N) is 1. The van der Waals surface area contributed by atoms with Crippen molar-refractivity contribution in [3.8, 4) is 5.75 Å². The van der Waals surface area contributed by atoms with E-state index < -0.39 is 11.9 Å². The fourth-order valence-corrected chi connectivity index (χ4v) is 2.20. The maximum absolute atomic E-state index is 12.1. The van der Waals surface area contributed by atoms with Crippen LogP contribution < -0.4 is 10.2 Å². The van der Waals surface area contributed by atoms with Gasteiger partial charge in [-0.3, -0.25) is 9.78 Å². The standard InChI is InChI=1S/C20H16N4O3/c1-14-3-2-4-16(11-14)20(26)27-17-7-5-15(6-8-17)12-23-24-19(25)18-13-21-9-10-22-18/h2-13H,1H3,(H,24,25)/b23-12+. The third-order valence-electron chi connectivity index (χ3n) is 3.52. The molecule has 0 aliphatic rings. The molecule has 0 aliphatic heterocycles. The van der Waals surface area contributed by atoms with Gasteiger partial charge in [0.2, 0.25) is 0 Å². The fraction of sp³-hybridized carbons (Fsp3) is 0.0500. The third kappa shape index (κ3) is 5.05. The maximum Gasteiger partial charge on any atom is 0.343 e. The number of benzene rings is 2. The smallest absolute Gasteiger partial charge is 0.343 e. The van der Waals surface area contributed by atoms with Gasteiger partial charge in [0.1, 0.15) is 11.4 Å². The number of rotatable bonds is 5. The van der Waals surface area contributed by atoms with Crippen molar-refractivity contribution in [2.24, 2.45) is 5.10 Å². The Morgan fingerprint density at radius 1 is 1.11 bits per heavy atom. The monoisotopic (exact) mass is 360 g/mol. The van der Waals surface area contributed by atoms with E-state index >= 15 is 0 Å². The Labute approximate surface area is 155 Å². The van der Waals surface area contributed by atoms with Crippen LogP contribution in [0, 0.1) is 6.92 Å².